The van der Waals surface area contributed by atoms with Crippen LogP contribution in [0.4, 0.5) is 5.69 Å². The van der Waals surface area contributed by atoms with E-state index < -0.39 is 0 Å². The monoisotopic (exact) mass is 321 g/mol. The van der Waals surface area contributed by atoms with Gasteiger partial charge in [0.2, 0.25) is 0 Å². The second-order valence-corrected chi connectivity index (χ2v) is 6.21. The van der Waals surface area contributed by atoms with Gasteiger partial charge in [-0.25, -0.2) is 4.68 Å². The van der Waals surface area contributed by atoms with Crippen molar-refractivity contribution < 1.29 is 0 Å². The van der Waals surface area contributed by atoms with Crippen molar-refractivity contribution in [3.63, 3.8) is 0 Å². The highest BCUT2D eigenvalue weighted by atomic mass is 79.9. The molecular formula is C13H16BrN5. The van der Waals surface area contributed by atoms with Crippen molar-refractivity contribution in [1.29, 1.82) is 0 Å². The molecule has 0 spiro atoms. The van der Waals surface area contributed by atoms with E-state index >= 15 is 0 Å². The number of halogens is 1. The lowest BCUT2D eigenvalue weighted by Crippen LogP contribution is -2.28. The van der Waals surface area contributed by atoms with Crippen molar-refractivity contribution in [2.75, 3.05) is 5.73 Å². The summed E-state index contributed by atoms with van der Waals surface area (Å²) in [6, 6.07) is 5.83. The number of anilines is 1. The van der Waals surface area contributed by atoms with Gasteiger partial charge >= 0.3 is 0 Å². The molecule has 1 heterocycles. The molecule has 6 heteroatoms. The smallest absolute Gasteiger partial charge is 0.182 e. The van der Waals surface area contributed by atoms with Crippen LogP contribution >= 0.6 is 15.9 Å². The minimum atomic E-state index is 0.0284. The maximum absolute atomic E-state index is 5.94. The van der Waals surface area contributed by atoms with Crippen molar-refractivity contribution in [3.05, 3.63) is 22.7 Å². The highest BCUT2D eigenvalue weighted by Gasteiger charge is 2.34. The zero-order valence-corrected chi connectivity index (χ0v) is 12.4. The molecule has 19 heavy (non-hydrogen) atoms. The van der Waals surface area contributed by atoms with Crippen molar-refractivity contribution in [1.82, 2.24) is 20.2 Å². The van der Waals surface area contributed by atoms with Crippen molar-refractivity contribution in [2.24, 2.45) is 0 Å². The average Bonchev–Trinajstić information content (AvgIpc) is 3.02. The number of aromatic nitrogens is 4. The van der Waals surface area contributed by atoms with Gasteiger partial charge in [0.05, 0.1) is 5.54 Å². The zero-order chi connectivity index (χ0) is 13.5. The first-order chi connectivity index (χ1) is 9.10. The van der Waals surface area contributed by atoms with E-state index in [4.69, 9.17) is 5.73 Å². The molecule has 100 valence electrons. The molecule has 1 saturated carbocycles. The molecule has 3 rings (SSSR count). The number of nitrogens with two attached hydrogens (primary N) is 1. The summed E-state index contributed by atoms with van der Waals surface area (Å²) in [6.07, 6.45) is 4.71. The Hall–Kier alpha value is -1.43. The topological polar surface area (TPSA) is 69.6 Å². The van der Waals surface area contributed by atoms with Gasteiger partial charge < -0.3 is 5.73 Å². The fraction of sp³-hybridized carbons (Fsp3) is 0.462. The van der Waals surface area contributed by atoms with Crippen LogP contribution in [0.1, 0.15) is 32.6 Å². The van der Waals surface area contributed by atoms with E-state index in [-0.39, 0.29) is 5.54 Å². The molecule has 1 aromatic heterocycles. The van der Waals surface area contributed by atoms with Gasteiger partial charge in [-0.2, -0.15) is 0 Å². The summed E-state index contributed by atoms with van der Waals surface area (Å²) in [5.41, 5.74) is 7.62. The molecule has 0 saturated heterocycles. The van der Waals surface area contributed by atoms with E-state index in [1.807, 2.05) is 22.9 Å². The number of rotatable bonds is 2. The highest BCUT2D eigenvalue weighted by molar-refractivity contribution is 9.10. The van der Waals surface area contributed by atoms with Gasteiger partial charge in [-0.15, -0.1) is 5.10 Å². The fourth-order valence-corrected chi connectivity index (χ4v) is 3.01. The number of tetrazole rings is 1. The second kappa shape index (κ2) is 4.59. The Kier molecular flexibility index (Phi) is 3.05. The van der Waals surface area contributed by atoms with Gasteiger partial charge in [-0.3, -0.25) is 0 Å². The number of nitrogens with zero attached hydrogens (tertiary/aromatic N) is 4. The predicted molar refractivity (Wildman–Crippen MR) is 77.5 cm³/mol. The minimum Gasteiger partial charge on any atom is -0.398 e. The molecule has 1 fully saturated rings. The van der Waals surface area contributed by atoms with Gasteiger partial charge in [0.1, 0.15) is 0 Å². The van der Waals surface area contributed by atoms with Crippen LogP contribution in [0.3, 0.4) is 0 Å². The maximum atomic E-state index is 5.94. The summed E-state index contributed by atoms with van der Waals surface area (Å²) in [5, 5.41) is 12.2. The lowest BCUT2D eigenvalue weighted by Gasteiger charge is -2.24. The van der Waals surface area contributed by atoms with E-state index in [9.17, 15) is 0 Å². The van der Waals surface area contributed by atoms with Crippen LogP contribution in [0.5, 0.6) is 0 Å². The van der Waals surface area contributed by atoms with Crippen molar-refractivity contribution in [3.8, 4) is 11.4 Å². The van der Waals surface area contributed by atoms with E-state index in [1.165, 1.54) is 12.8 Å². The first-order valence-electron chi connectivity index (χ1n) is 6.44. The van der Waals surface area contributed by atoms with E-state index in [1.54, 1.807) is 0 Å². The molecule has 0 radical (unpaired) electrons. The molecule has 2 aromatic rings. The molecule has 0 aliphatic heterocycles. The Labute approximate surface area is 120 Å². The van der Waals surface area contributed by atoms with Gasteiger partial charge in [0.25, 0.3) is 0 Å². The van der Waals surface area contributed by atoms with Gasteiger partial charge in [-0.1, -0.05) is 12.8 Å². The Balaban J connectivity index is 2.06. The first-order valence-corrected chi connectivity index (χ1v) is 7.24. The first kappa shape index (κ1) is 12.6. The van der Waals surface area contributed by atoms with Crippen LogP contribution in [0, 0.1) is 0 Å². The van der Waals surface area contributed by atoms with Crippen LogP contribution in [0.25, 0.3) is 11.4 Å². The SMILES string of the molecule is CC1(n2nnnc2-c2ccc(Br)c(N)c2)CCCC1. The van der Waals surface area contributed by atoms with Crippen LogP contribution in [-0.2, 0) is 5.54 Å². The van der Waals surface area contributed by atoms with Gasteiger partial charge in [0.15, 0.2) is 5.82 Å². The standard InChI is InChI=1S/C13H16BrN5/c1-13(6-2-3-7-13)19-12(16-17-18-19)9-4-5-10(14)11(15)8-9/h4-5,8H,2-3,6-7,15H2,1H3. The van der Waals surface area contributed by atoms with Crippen LogP contribution in [0.15, 0.2) is 22.7 Å². The largest absolute Gasteiger partial charge is 0.398 e. The number of nitrogen functional groups attached to an aromatic ring is 1. The summed E-state index contributed by atoms with van der Waals surface area (Å²) in [5.74, 6) is 0.795. The number of benzene rings is 1. The van der Waals surface area contributed by atoms with Crippen LogP contribution < -0.4 is 5.73 Å². The Morgan fingerprint density at radius 1 is 1.32 bits per heavy atom. The third-order valence-electron chi connectivity index (χ3n) is 3.92. The van der Waals surface area contributed by atoms with Gasteiger partial charge in [-0.05, 0) is 64.3 Å². The maximum Gasteiger partial charge on any atom is 0.182 e. The second-order valence-electron chi connectivity index (χ2n) is 5.35. The normalized spacial score (nSPS) is 17.8. The molecule has 2 N–H and O–H groups in total. The molecule has 5 nitrogen and oxygen atoms in total. The average molecular weight is 322 g/mol. The lowest BCUT2D eigenvalue weighted by molar-refractivity contribution is 0.293. The summed E-state index contributed by atoms with van der Waals surface area (Å²) >= 11 is 3.40. The summed E-state index contributed by atoms with van der Waals surface area (Å²) < 4.78 is 2.85. The number of hydrogen-bond donors (Lipinski definition) is 1. The zero-order valence-electron chi connectivity index (χ0n) is 10.8. The number of hydrogen-bond acceptors (Lipinski definition) is 4. The molecule has 1 aliphatic rings. The lowest BCUT2D eigenvalue weighted by atomic mass is 10.0. The predicted octanol–water partition coefficient (Wildman–Crippen LogP) is 2.97. The van der Waals surface area contributed by atoms with Crippen molar-refractivity contribution in [2.45, 2.75) is 38.1 Å². The Morgan fingerprint density at radius 2 is 2.05 bits per heavy atom. The molecule has 1 aliphatic carbocycles. The van der Waals surface area contributed by atoms with E-state index in [0.29, 0.717) is 5.69 Å². The molecule has 1 aromatic carbocycles. The van der Waals surface area contributed by atoms with E-state index in [2.05, 4.69) is 38.4 Å². The molecule has 0 atom stereocenters. The molecule has 0 bridgehead atoms. The summed E-state index contributed by atoms with van der Waals surface area (Å²) in [7, 11) is 0. The Bertz CT molecular complexity index is 601. The third-order valence-corrected chi connectivity index (χ3v) is 4.64. The van der Waals surface area contributed by atoms with Gasteiger partial charge in [0, 0.05) is 15.7 Å². The van der Waals surface area contributed by atoms with Crippen LogP contribution in [0.2, 0.25) is 0 Å². The summed E-state index contributed by atoms with van der Waals surface area (Å²) in [6.45, 7) is 2.22. The van der Waals surface area contributed by atoms with E-state index in [0.717, 1.165) is 28.7 Å². The molecule has 0 amide bonds. The molecule has 0 unspecified atom stereocenters. The third kappa shape index (κ3) is 2.14. The Morgan fingerprint density at radius 3 is 2.74 bits per heavy atom. The molecular weight excluding hydrogens is 306 g/mol. The quantitative estimate of drug-likeness (QED) is 0.863. The fourth-order valence-electron chi connectivity index (χ4n) is 2.76. The highest BCUT2D eigenvalue weighted by Crippen LogP contribution is 2.38. The minimum absolute atomic E-state index is 0.0284. The van der Waals surface area contributed by atoms with Crippen LogP contribution in [-0.4, -0.2) is 20.2 Å². The summed E-state index contributed by atoms with van der Waals surface area (Å²) in [4.78, 5) is 0. The van der Waals surface area contributed by atoms with Crippen molar-refractivity contribution >= 4 is 21.6 Å².